The molecule has 130 valence electrons. The Morgan fingerprint density at radius 1 is 1.24 bits per heavy atom. The van der Waals surface area contributed by atoms with Gasteiger partial charge in [-0.3, -0.25) is 14.2 Å². The van der Waals surface area contributed by atoms with E-state index < -0.39 is 0 Å². The third-order valence-electron chi connectivity index (χ3n) is 3.92. The van der Waals surface area contributed by atoms with E-state index in [-0.39, 0.29) is 11.3 Å². The van der Waals surface area contributed by atoms with Gasteiger partial charge in [0.1, 0.15) is 22.9 Å². The molecule has 0 spiro atoms. The number of rotatable bonds is 2. The molecule has 0 unspecified atom stereocenters. The third kappa shape index (κ3) is 2.93. The quantitative estimate of drug-likeness (QED) is 0.775. The molecule has 25 heavy (non-hydrogen) atoms. The number of imidazole rings is 1. The molecule has 0 fully saturated rings. The maximum atomic E-state index is 12.2. The number of carbonyl (C=O) groups is 1. The lowest BCUT2D eigenvalue weighted by molar-refractivity contribution is 0.0827. The van der Waals surface area contributed by atoms with Crippen LogP contribution in [0.15, 0.2) is 30.9 Å². The van der Waals surface area contributed by atoms with Gasteiger partial charge in [-0.1, -0.05) is 20.8 Å². The number of nitrogens with zero attached hydrogens (tertiary/aromatic N) is 5. The van der Waals surface area contributed by atoms with Crippen LogP contribution in [0.4, 0.5) is 5.82 Å². The summed E-state index contributed by atoms with van der Waals surface area (Å²) < 4.78 is 1.96. The van der Waals surface area contributed by atoms with Crippen molar-refractivity contribution in [3.05, 3.63) is 42.2 Å². The Morgan fingerprint density at radius 3 is 2.60 bits per heavy atom. The van der Waals surface area contributed by atoms with Gasteiger partial charge in [0.2, 0.25) is 0 Å². The van der Waals surface area contributed by atoms with Crippen LogP contribution in [-0.2, 0) is 5.41 Å². The average Bonchev–Trinajstić information content (AvgIpc) is 2.95. The predicted octanol–water partition coefficient (Wildman–Crippen LogP) is 2.37. The summed E-state index contributed by atoms with van der Waals surface area (Å²) in [5.41, 5.74) is 8.59. The van der Waals surface area contributed by atoms with Crippen molar-refractivity contribution in [2.24, 2.45) is 0 Å². The van der Waals surface area contributed by atoms with E-state index in [1.807, 2.05) is 10.6 Å². The summed E-state index contributed by atoms with van der Waals surface area (Å²) in [6.45, 7) is 6.27. The molecule has 3 rings (SSSR count). The Kier molecular flexibility index (Phi) is 3.94. The lowest BCUT2D eigenvalue weighted by atomic mass is 9.96. The molecule has 7 heteroatoms. The van der Waals surface area contributed by atoms with Gasteiger partial charge in [0, 0.05) is 49.9 Å². The normalized spacial score (nSPS) is 11.7. The topological polar surface area (TPSA) is 89.4 Å². The molecule has 0 bridgehead atoms. The van der Waals surface area contributed by atoms with Gasteiger partial charge in [-0.05, 0) is 6.07 Å². The Morgan fingerprint density at radius 2 is 1.96 bits per heavy atom. The Hall–Kier alpha value is -2.96. The minimum Gasteiger partial charge on any atom is -0.382 e. The van der Waals surface area contributed by atoms with Crippen molar-refractivity contribution in [2.75, 3.05) is 19.8 Å². The molecule has 2 N–H and O–H groups in total. The van der Waals surface area contributed by atoms with E-state index in [9.17, 15) is 4.79 Å². The largest absolute Gasteiger partial charge is 0.382 e. The van der Waals surface area contributed by atoms with Crippen LogP contribution in [-0.4, -0.2) is 44.3 Å². The second-order valence-corrected chi connectivity index (χ2v) is 7.23. The van der Waals surface area contributed by atoms with Crippen LogP contribution >= 0.6 is 0 Å². The first-order valence-corrected chi connectivity index (χ1v) is 8.00. The van der Waals surface area contributed by atoms with E-state index >= 15 is 0 Å². The van der Waals surface area contributed by atoms with Gasteiger partial charge >= 0.3 is 0 Å². The molecule has 0 aliphatic rings. The summed E-state index contributed by atoms with van der Waals surface area (Å²) in [7, 11) is 3.42. The molecule has 3 aromatic rings. The van der Waals surface area contributed by atoms with E-state index in [1.165, 1.54) is 4.90 Å². The number of pyridine rings is 1. The summed E-state index contributed by atoms with van der Waals surface area (Å²) in [6, 6.07) is 1.79. The zero-order valence-electron chi connectivity index (χ0n) is 15.1. The highest BCUT2D eigenvalue weighted by atomic mass is 16.2. The molecule has 0 atom stereocenters. The number of nitrogen functional groups attached to an aromatic ring is 1. The molecule has 0 aromatic carbocycles. The van der Waals surface area contributed by atoms with Crippen LogP contribution < -0.4 is 5.73 Å². The average molecular weight is 338 g/mol. The second-order valence-electron chi connectivity index (χ2n) is 7.23. The summed E-state index contributed by atoms with van der Waals surface area (Å²) in [5.74, 6) is 1.15. The number of hydrogen-bond donors (Lipinski definition) is 1. The fourth-order valence-corrected chi connectivity index (χ4v) is 2.74. The van der Waals surface area contributed by atoms with Crippen molar-refractivity contribution < 1.29 is 4.79 Å². The van der Waals surface area contributed by atoms with Crippen LogP contribution in [0.1, 0.15) is 37.0 Å². The summed E-state index contributed by atoms with van der Waals surface area (Å²) in [6.07, 6.45) is 6.75. The second kappa shape index (κ2) is 5.84. The van der Waals surface area contributed by atoms with E-state index in [0.29, 0.717) is 17.1 Å². The van der Waals surface area contributed by atoms with Gasteiger partial charge in [-0.2, -0.15) is 0 Å². The number of hydrogen-bond acceptors (Lipinski definition) is 5. The van der Waals surface area contributed by atoms with Crippen LogP contribution in [0.3, 0.4) is 0 Å². The maximum absolute atomic E-state index is 12.2. The summed E-state index contributed by atoms with van der Waals surface area (Å²) in [4.78, 5) is 27.0. The van der Waals surface area contributed by atoms with Crippen molar-refractivity contribution in [1.29, 1.82) is 0 Å². The van der Waals surface area contributed by atoms with E-state index in [0.717, 1.165) is 16.9 Å². The van der Waals surface area contributed by atoms with Crippen molar-refractivity contribution in [2.45, 2.75) is 26.2 Å². The molecule has 0 radical (unpaired) electrons. The fourth-order valence-electron chi connectivity index (χ4n) is 2.74. The zero-order chi connectivity index (χ0) is 18.4. The molecule has 0 saturated heterocycles. The van der Waals surface area contributed by atoms with E-state index in [2.05, 4.69) is 30.7 Å². The van der Waals surface area contributed by atoms with E-state index in [4.69, 9.17) is 10.7 Å². The molecule has 3 aromatic heterocycles. The molecule has 0 aliphatic heterocycles. The molecule has 0 saturated carbocycles. The highest BCUT2D eigenvalue weighted by molar-refractivity contribution is 5.95. The molecule has 7 nitrogen and oxygen atoms in total. The number of nitrogens with two attached hydrogens (primary N) is 1. The molecular formula is C18H22N6O. The highest BCUT2D eigenvalue weighted by Gasteiger charge is 2.25. The fraction of sp³-hybridized carbons (Fsp3) is 0.333. The number of anilines is 1. The maximum Gasteiger partial charge on any atom is 0.254 e. The van der Waals surface area contributed by atoms with Gasteiger partial charge in [0.25, 0.3) is 5.91 Å². The minimum absolute atomic E-state index is 0.111. The van der Waals surface area contributed by atoms with Crippen molar-refractivity contribution in [3.8, 4) is 11.3 Å². The summed E-state index contributed by atoms with van der Waals surface area (Å²) in [5, 5.41) is 0. The van der Waals surface area contributed by atoms with E-state index in [1.54, 1.807) is 38.8 Å². The highest BCUT2D eigenvalue weighted by Crippen LogP contribution is 2.32. The molecule has 0 aliphatic carbocycles. The number of fused-ring (bicyclic) bond motifs is 1. The Labute approximate surface area is 146 Å². The van der Waals surface area contributed by atoms with Gasteiger partial charge in [0.05, 0.1) is 5.56 Å². The SMILES string of the molecule is CN(C)C(=O)c1cncc(-c2nc(C(C)(C)C)n3ccnc(N)c23)c1. The number of amides is 1. The predicted molar refractivity (Wildman–Crippen MR) is 97.3 cm³/mol. The van der Waals surface area contributed by atoms with Gasteiger partial charge in [-0.15, -0.1) is 0 Å². The first-order valence-electron chi connectivity index (χ1n) is 8.00. The van der Waals surface area contributed by atoms with Crippen LogP contribution in [0, 0.1) is 0 Å². The van der Waals surface area contributed by atoms with Crippen LogP contribution in [0.2, 0.25) is 0 Å². The third-order valence-corrected chi connectivity index (χ3v) is 3.92. The standard InChI is InChI=1S/C18H22N6O/c1-18(2,3)17-22-13(14-15(19)21-6-7-24(14)17)11-8-12(10-20-9-11)16(25)23(4)5/h6-10H,1-5H3,(H2,19,21). The van der Waals surface area contributed by atoms with Gasteiger partial charge in [-0.25, -0.2) is 9.97 Å². The first-order chi connectivity index (χ1) is 11.7. The molecule has 1 amide bonds. The molecule has 3 heterocycles. The van der Waals surface area contributed by atoms with Crippen molar-refractivity contribution >= 4 is 17.2 Å². The van der Waals surface area contributed by atoms with Gasteiger partial charge in [0.15, 0.2) is 0 Å². The van der Waals surface area contributed by atoms with Gasteiger partial charge < -0.3 is 10.6 Å². The zero-order valence-corrected chi connectivity index (χ0v) is 15.1. The summed E-state index contributed by atoms with van der Waals surface area (Å²) >= 11 is 0. The van der Waals surface area contributed by atoms with Crippen molar-refractivity contribution in [3.63, 3.8) is 0 Å². The van der Waals surface area contributed by atoms with Crippen LogP contribution in [0.25, 0.3) is 16.8 Å². The molecular weight excluding hydrogens is 316 g/mol. The monoisotopic (exact) mass is 338 g/mol. The van der Waals surface area contributed by atoms with Crippen LogP contribution in [0.5, 0.6) is 0 Å². The lowest BCUT2D eigenvalue weighted by Gasteiger charge is -2.16. The Balaban J connectivity index is 2.27. The Bertz CT molecular complexity index is 952. The lowest BCUT2D eigenvalue weighted by Crippen LogP contribution is -2.21. The minimum atomic E-state index is -0.181. The first kappa shape index (κ1) is 16.9. The van der Waals surface area contributed by atoms with Crippen molar-refractivity contribution in [1.82, 2.24) is 24.3 Å². The number of carbonyl (C=O) groups excluding carboxylic acids is 1. The smallest absolute Gasteiger partial charge is 0.254 e. The number of aromatic nitrogens is 4.